The monoisotopic (exact) mass is 582 g/mol. The molecule has 2 amide bonds. The van der Waals surface area contributed by atoms with Crippen LogP contribution < -0.4 is 14.7 Å². The lowest BCUT2D eigenvalue weighted by molar-refractivity contribution is -0.384. The van der Waals surface area contributed by atoms with E-state index < -0.39 is 16.7 Å². The average molecular weight is 583 g/mol. The van der Waals surface area contributed by atoms with Crippen LogP contribution in [-0.4, -0.2) is 48.2 Å². The van der Waals surface area contributed by atoms with Gasteiger partial charge in [0.1, 0.15) is 5.57 Å². The first-order valence-electron chi connectivity index (χ1n) is 11.8. The molecule has 0 aromatic heterocycles. The predicted octanol–water partition coefficient (Wildman–Crippen LogP) is 5.49. The number of hydrogen-bond acceptors (Lipinski definition) is 7. The number of thiocarbonyl (C=S) groups is 1. The summed E-state index contributed by atoms with van der Waals surface area (Å²) in [4.78, 5) is 42.8. The Morgan fingerprint density at radius 1 is 0.872 bits per heavy atom. The number of ether oxygens (including phenoxy) is 1. The molecule has 0 aliphatic carbocycles. The van der Waals surface area contributed by atoms with Crippen molar-refractivity contribution in [2.24, 2.45) is 0 Å². The van der Waals surface area contributed by atoms with Crippen molar-refractivity contribution in [1.82, 2.24) is 0 Å². The normalized spacial score (nSPS) is 17.2. The van der Waals surface area contributed by atoms with Gasteiger partial charge in [0.25, 0.3) is 17.5 Å². The molecule has 0 atom stereocenters. The molecule has 3 aromatic rings. The first-order chi connectivity index (χ1) is 18.8. The van der Waals surface area contributed by atoms with Gasteiger partial charge in [-0.1, -0.05) is 41.4 Å². The quantitative estimate of drug-likeness (QED) is 0.129. The van der Waals surface area contributed by atoms with E-state index in [1.54, 1.807) is 36.4 Å². The van der Waals surface area contributed by atoms with Crippen molar-refractivity contribution in [2.75, 3.05) is 41.0 Å². The fourth-order valence-corrected chi connectivity index (χ4v) is 5.31. The van der Waals surface area contributed by atoms with E-state index in [-0.39, 0.29) is 32.1 Å². The molecule has 0 spiro atoms. The van der Waals surface area contributed by atoms with Crippen LogP contribution in [0.2, 0.25) is 10.0 Å². The maximum atomic E-state index is 13.8. The molecule has 2 aliphatic rings. The Balaban J connectivity index is 1.61. The second-order valence-electron chi connectivity index (χ2n) is 8.66. The number of morpholine rings is 1. The fourth-order valence-electron chi connectivity index (χ4n) is 4.39. The number of carbonyl (C=O) groups is 2. The zero-order chi connectivity index (χ0) is 27.7. The standard InChI is InChI=1S/C27H20Cl2N4O5S/c28-22-5-2-6-23(29)24(22)32-26(35)21(16-17-3-1-4-20(15-17)33(36)37)25(34)31(27(32)39)19-9-7-18(8-10-19)30-11-13-38-14-12-30/h1-10,15-16H,11-14H2/b21-16-. The summed E-state index contributed by atoms with van der Waals surface area (Å²) in [5, 5.41) is 11.5. The van der Waals surface area contributed by atoms with Gasteiger partial charge in [-0.05, 0) is 60.3 Å². The summed E-state index contributed by atoms with van der Waals surface area (Å²) < 4.78 is 5.42. The molecule has 0 radical (unpaired) electrons. The van der Waals surface area contributed by atoms with Crippen molar-refractivity contribution in [3.05, 3.63) is 98.0 Å². The van der Waals surface area contributed by atoms with Gasteiger partial charge in [0.15, 0.2) is 5.11 Å². The van der Waals surface area contributed by atoms with E-state index in [4.69, 9.17) is 40.2 Å². The molecular weight excluding hydrogens is 563 g/mol. The van der Waals surface area contributed by atoms with Gasteiger partial charge in [0.2, 0.25) is 0 Å². The third-order valence-corrected chi connectivity index (χ3v) is 7.26. The van der Waals surface area contributed by atoms with Crippen LogP contribution in [0.3, 0.4) is 0 Å². The molecule has 0 N–H and O–H groups in total. The molecule has 2 saturated heterocycles. The Kier molecular flexibility index (Phi) is 7.62. The maximum Gasteiger partial charge on any atom is 0.270 e. The number of anilines is 3. The molecule has 2 aliphatic heterocycles. The molecule has 0 unspecified atom stereocenters. The molecule has 9 nitrogen and oxygen atoms in total. The lowest BCUT2D eigenvalue weighted by atomic mass is 10.0. The van der Waals surface area contributed by atoms with Crippen molar-refractivity contribution in [2.45, 2.75) is 0 Å². The van der Waals surface area contributed by atoms with Crippen LogP contribution in [0.4, 0.5) is 22.7 Å². The smallest absolute Gasteiger partial charge is 0.270 e. The molecule has 198 valence electrons. The van der Waals surface area contributed by atoms with Crippen LogP contribution in [0.25, 0.3) is 6.08 Å². The van der Waals surface area contributed by atoms with Gasteiger partial charge < -0.3 is 9.64 Å². The number of non-ortho nitro benzene ring substituents is 1. The Labute approximate surface area is 238 Å². The number of nitro benzene ring substituents is 1. The van der Waals surface area contributed by atoms with E-state index in [0.29, 0.717) is 24.5 Å². The second-order valence-corrected chi connectivity index (χ2v) is 9.84. The Morgan fingerprint density at radius 3 is 2.10 bits per heavy atom. The third-order valence-electron chi connectivity index (χ3n) is 6.29. The fraction of sp³-hybridized carbons (Fsp3) is 0.148. The van der Waals surface area contributed by atoms with Gasteiger partial charge in [0.05, 0.1) is 39.6 Å². The number of rotatable bonds is 5. The van der Waals surface area contributed by atoms with E-state index in [1.165, 1.54) is 29.2 Å². The number of para-hydroxylation sites is 1. The highest BCUT2D eigenvalue weighted by Crippen LogP contribution is 2.38. The average Bonchev–Trinajstić information content (AvgIpc) is 2.94. The minimum atomic E-state index is -0.757. The van der Waals surface area contributed by atoms with Crippen LogP contribution in [0.1, 0.15) is 5.56 Å². The van der Waals surface area contributed by atoms with Gasteiger partial charge in [-0.15, -0.1) is 0 Å². The van der Waals surface area contributed by atoms with Crippen LogP contribution in [0.5, 0.6) is 0 Å². The molecule has 2 heterocycles. The number of nitrogens with zero attached hydrogens (tertiary/aromatic N) is 4. The summed E-state index contributed by atoms with van der Waals surface area (Å²) in [6.45, 7) is 2.73. The summed E-state index contributed by atoms with van der Waals surface area (Å²) in [7, 11) is 0. The molecule has 39 heavy (non-hydrogen) atoms. The minimum Gasteiger partial charge on any atom is -0.378 e. The topological polar surface area (TPSA) is 96.2 Å². The van der Waals surface area contributed by atoms with E-state index in [9.17, 15) is 19.7 Å². The molecular formula is C27H20Cl2N4O5S. The highest BCUT2D eigenvalue weighted by molar-refractivity contribution is 7.81. The summed E-state index contributed by atoms with van der Waals surface area (Å²) in [5.74, 6) is -1.44. The predicted molar refractivity (Wildman–Crippen MR) is 155 cm³/mol. The molecule has 5 rings (SSSR count). The third kappa shape index (κ3) is 5.24. The largest absolute Gasteiger partial charge is 0.378 e. The van der Waals surface area contributed by atoms with E-state index in [2.05, 4.69) is 4.90 Å². The number of amides is 2. The molecule has 12 heteroatoms. The summed E-state index contributed by atoms with van der Waals surface area (Å²) in [6, 6.07) is 17.6. The molecule has 2 fully saturated rings. The molecule has 3 aromatic carbocycles. The van der Waals surface area contributed by atoms with Crippen LogP contribution >= 0.6 is 35.4 Å². The number of carbonyl (C=O) groups excluding carboxylic acids is 2. The van der Waals surface area contributed by atoms with Crippen molar-refractivity contribution in [3.63, 3.8) is 0 Å². The van der Waals surface area contributed by atoms with Crippen molar-refractivity contribution >= 4 is 81.2 Å². The van der Waals surface area contributed by atoms with Gasteiger partial charge >= 0.3 is 0 Å². The number of hydrogen-bond donors (Lipinski definition) is 0. The van der Waals surface area contributed by atoms with E-state index in [1.807, 2.05) is 12.1 Å². The molecule has 0 bridgehead atoms. The van der Waals surface area contributed by atoms with Gasteiger partial charge in [-0.25, -0.2) is 4.90 Å². The van der Waals surface area contributed by atoms with Gasteiger partial charge in [-0.3, -0.25) is 24.6 Å². The van der Waals surface area contributed by atoms with Crippen LogP contribution in [0, 0.1) is 10.1 Å². The minimum absolute atomic E-state index is 0.128. The Morgan fingerprint density at radius 2 is 1.46 bits per heavy atom. The first-order valence-corrected chi connectivity index (χ1v) is 13.0. The highest BCUT2D eigenvalue weighted by atomic mass is 35.5. The summed E-state index contributed by atoms with van der Waals surface area (Å²) in [6.07, 6.45) is 1.30. The number of halogens is 2. The lowest BCUT2D eigenvalue weighted by Crippen LogP contribution is -2.57. The zero-order valence-corrected chi connectivity index (χ0v) is 22.6. The van der Waals surface area contributed by atoms with E-state index in [0.717, 1.165) is 23.7 Å². The number of benzene rings is 3. The summed E-state index contributed by atoms with van der Waals surface area (Å²) in [5.41, 5.74) is 1.35. The Hall–Kier alpha value is -3.83. The zero-order valence-electron chi connectivity index (χ0n) is 20.3. The van der Waals surface area contributed by atoms with Crippen molar-refractivity contribution in [3.8, 4) is 0 Å². The van der Waals surface area contributed by atoms with Crippen molar-refractivity contribution < 1.29 is 19.2 Å². The van der Waals surface area contributed by atoms with Crippen LogP contribution in [0.15, 0.2) is 72.3 Å². The van der Waals surface area contributed by atoms with Crippen LogP contribution in [-0.2, 0) is 14.3 Å². The van der Waals surface area contributed by atoms with Gasteiger partial charge in [0, 0.05) is 30.9 Å². The number of nitro groups is 1. The Bertz CT molecular complexity index is 1500. The second kappa shape index (κ2) is 11.1. The summed E-state index contributed by atoms with van der Waals surface area (Å²) >= 11 is 18.6. The van der Waals surface area contributed by atoms with Gasteiger partial charge in [-0.2, -0.15) is 0 Å². The maximum absolute atomic E-state index is 13.8. The van der Waals surface area contributed by atoms with E-state index >= 15 is 0 Å². The highest BCUT2D eigenvalue weighted by Gasteiger charge is 2.42. The lowest BCUT2D eigenvalue weighted by Gasteiger charge is -2.37. The molecule has 0 saturated carbocycles. The first kappa shape index (κ1) is 26.8. The SMILES string of the molecule is O=C1/C(=C/c2cccc([N+](=O)[O-])c2)C(=O)N(c2c(Cl)cccc2Cl)C(=S)N1c1ccc(N2CCOCC2)cc1. The van der Waals surface area contributed by atoms with Crippen molar-refractivity contribution in [1.29, 1.82) is 0 Å².